The van der Waals surface area contributed by atoms with Crippen LogP contribution in [0.3, 0.4) is 0 Å². The Morgan fingerprint density at radius 1 is 1.50 bits per heavy atom. The van der Waals surface area contributed by atoms with Gasteiger partial charge in [-0.25, -0.2) is 4.98 Å². The molecule has 1 fully saturated rings. The first-order chi connectivity index (χ1) is 8.46. The fourth-order valence-electron chi connectivity index (χ4n) is 2.07. The first kappa shape index (κ1) is 13.1. The van der Waals surface area contributed by atoms with E-state index in [9.17, 15) is 4.79 Å². The summed E-state index contributed by atoms with van der Waals surface area (Å²) in [5, 5.41) is 2.98. The summed E-state index contributed by atoms with van der Waals surface area (Å²) in [5.41, 5.74) is 0.0538. The van der Waals surface area contributed by atoms with Crippen LogP contribution in [0.1, 0.15) is 51.8 Å². The molecule has 0 spiro atoms. The fourth-order valence-corrected chi connectivity index (χ4v) is 2.07. The predicted octanol–water partition coefficient (Wildman–Crippen LogP) is 2.31. The molecule has 1 saturated carbocycles. The molecule has 4 heteroatoms. The van der Waals surface area contributed by atoms with Crippen molar-refractivity contribution in [3.63, 3.8) is 0 Å². The van der Waals surface area contributed by atoms with E-state index in [1.807, 2.05) is 12.4 Å². The second-order valence-corrected chi connectivity index (χ2v) is 6.34. The maximum absolute atomic E-state index is 11.7. The molecule has 1 aromatic rings. The molecule has 1 amide bonds. The lowest BCUT2D eigenvalue weighted by Gasteiger charge is -2.17. The summed E-state index contributed by atoms with van der Waals surface area (Å²) in [7, 11) is 0. The van der Waals surface area contributed by atoms with E-state index < -0.39 is 0 Å². The third-order valence-corrected chi connectivity index (χ3v) is 3.06. The number of nitrogens with one attached hydrogen (secondary N) is 1. The van der Waals surface area contributed by atoms with E-state index in [-0.39, 0.29) is 11.3 Å². The molecule has 1 N–H and O–H groups in total. The van der Waals surface area contributed by atoms with Crippen molar-refractivity contribution in [3.05, 3.63) is 18.2 Å². The number of carbonyl (C=O) groups excluding carboxylic acids is 1. The van der Waals surface area contributed by atoms with Crippen LogP contribution in [0.5, 0.6) is 0 Å². The molecule has 0 unspecified atom stereocenters. The van der Waals surface area contributed by atoms with E-state index in [4.69, 9.17) is 0 Å². The molecular formula is C14H23N3O. The smallest absolute Gasteiger partial charge is 0.220 e. The number of aromatic nitrogens is 2. The van der Waals surface area contributed by atoms with Crippen molar-refractivity contribution in [3.8, 4) is 0 Å². The van der Waals surface area contributed by atoms with Crippen molar-refractivity contribution < 1.29 is 4.79 Å². The molecule has 0 aliphatic heterocycles. The third kappa shape index (κ3) is 3.86. The molecule has 0 aromatic carbocycles. The minimum absolute atomic E-state index is 0.0538. The highest BCUT2D eigenvalue weighted by Crippen LogP contribution is 2.38. The molecule has 4 nitrogen and oxygen atoms in total. The lowest BCUT2D eigenvalue weighted by molar-refractivity contribution is -0.122. The van der Waals surface area contributed by atoms with Crippen molar-refractivity contribution in [2.75, 3.05) is 6.54 Å². The van der Waals surface area contributed by atoms with E-state index in [1.165, 1.54) is 18.7 Å². The number of imidazole rings is 1. The molecule has 0 bridgehead atoms. The molecule has 2 rings (SSSR count). The topological polar surface area (TPSA) is 46.9 Å². The van der Waals surface area contributed by atoms with E-state index in [0.717, 1.165) is 6.54 Å². The predicted molar refractivity (Wildman–Crippen MR) is 71.3 cm³/mol. The molecule has 1 aliphatic carbocycles. The SMILES string of the molecule is CC(C)(C)CC(=O)NCCn1ccnc1C1CC1. The number of amides is 1. The first-order valence-corrected chi connectivity index (χ1v) is 6.73. The second kappa shape index (κ2) is 5.12. The zero-order valence-corrected chi connectivity index (χ0v) is 11.6. The van der Waals surface area contributed by atoms with Crippen LogP contribution in [-0.4, -0.2) is 22.0 Å². The van der Waals surface area contributed by atoms with Gasteiger partial charge in [0, 0.05) is 37.8 Å². The molecule has 0 radical (unpaired) electrons. The summed E-state index contributed by atoms with van der Waals surface area (Å²) >= 11 is 0. The van der Waals surface area contributed by atoms with Gasteiger partial charge in [0.1, 0.15) is 5.82 Å². The van der Waals surface area contributed by atoms with Gasteiger partial charge in [0.2, 0.25) is 5.91 Å². The summed E-state index contributed by atoms with van der Waals surface area (Å²) in [6.45, 7) is 7.74. The second-order valence-electron chi connectivity index (χ2n) is 6.34. The minimum Gasteiger partial charge on any atom is -0.354 e. The molecule has 18 heavy (non-hydrogen) atoms. The number of rotatable bonds is 5. The zero-order chi connectivity index (χ0) is 13.2. The van der Waals surface area contributed by atoms with Gasteiger partial charge in [0.05, 0.1) is 0 Å². The van der Waals surface area contributed by atoms with Crippen LogP contribution >= 0.6 is 0 Å². The van der Waals surface area contributed by atoms with Gasteiger partial charge in [-0.15, -0.1) is 0 Å². The largest absolute Gasteiger partial charge is 0.354 e. The Balaban J connectivity index is 1.75. The van der Waals surface area contributed by atoms with Crippen molar-refractivity contribution in [1.82, 2.24) is 14.9 Å². The van der Waals surface area contributed by atoms with Crippen molar-refractivity contribution in [2.24, 2.45) is 5.41 Å². The molecule has 1 aromatic heterocycles. The zero-order valence-electron chi connectivity index (χ0n) is 11.6. The van der Waals surface area contributed by atoms with Crippen molar-refractivity contribution in [1.29, 1.82) is 0 Å². The molecule has 1 heterocycles. The number of nitrogens with zero attached hydrogens (tertiary/aromatic N) is 2. The summed E-state index contributed by atoms with van der Waals surface area (Å²) < 4.78 is 2.16. The molecule has 100 valence electrons. The van der Waals surface area contributed by atoms with E-state index >= 15 is 0 Å². The Morgan fingerprint density at radius 2 is 2.22 bits per heavy atom. The summed E-state index contributed by atoms with van der Waals surface area (Å²) in [4.78, 5) is 16.1. The number of carbonyl (C=O) groups is 1. The van der Waals surface area contributed by atoms with Crippen LogP contribution in [0.4, 0.5) is 0 Å². The Hall–Kier alpha value is -1.32. The van der Waals surface area contributed by atoms with Crippen LogP contribution in [0.25, 0.3) is 0 Å². The average Bonchev–Trinajstić information content (AvgIpc) is 2.97. The maximum atomic E-state index is 11.7. The Bertz CT molecular complexity index is 413. The van der Waals surface area contributed by atoms with E-state index in [0.29, 0.717) is 18.9 Å². The summed E-state index contributed by atoms with van der Waals surface area (Å²) in [6.07, 6.45) is 6.95. The molecule has 1 aliphatic rings. The third-order valence-electron chi connectivity index (χ3n) is 3.06. The Kier molecular flexibility index (Phi) is 3.73. The van der Waals surface area contributed by atoms with Gasteiger partial charge >= 0.3 is 0 Å². The average molecular weight is 249 g/mol. The Labute approximate surface area is 109 Å². The molecule has 0 atom stereocenters. The lowest BCUT2D eigenvalue weighted by atomic mass is 9.92. The quantitative estimate of drug-likeness (QED) is 0.870. The van der Waals surface area contributed by atoms with Crippen molar-refractivity contribution in [2.45, 2.75) is 52.5 Å². The standard InChI is InChI=1S/C14H23N3O/c1-14(2,3)10-12(18)15-6-8-17-9-7-16-13(17)11-4-5-11/h7,9,11H,4-6,8,10H2,1-3H3,(H,15,18). The summed E-state index contributed by atoms with van der Waals surface area (Å²) in [5.74, 6) is 1.97. The first-order valence-electron chi connectivity index (χ1n) is 6.73. The van der Waals surface area contributed by atoms with Gasteiger partial charge in [-0.1, -0.05) is 20.8 Å². The van der Waals surface area contributed by atoms with E-state index in [1.54, 1.807) is 0 Å². The minimum atomic E-state index is 0.0538. The van der Waals surface area contributed by atoms with Gasteiger partial charge < -0.3 is 9.88 Å². The summed E-state index contributed by atoms with van der Waals surface area (Å²) in [6, 6.07) is 0. The van der Waals surface area contributed by atoms with Gasteiger partial charge in [-0.05, 0) is 18.3 Å². The normalized spacial score (nSPS) is 15.7. The Morgan fingerprint density at radius 3 is 2.83 bits per heavy atom. The molecular weight excluding hydrogens is 226 g/mol. The number of hydrogen-bond donors (Lipinski definition) is 1. The van der Waals surface area contributed by atoms with Crippen molar-refractivity contribution >= 4 is 5.91 Å². The van der Waals surface area contributed by atoms with Gasteiger partial charge in [-0.3, -0.25) is 4.79 Å². The number of hydrogen-bond acceptors (Lipinski definition) is 2. The van der Waals surface area contributed by atoms with Crippen LogP contribution in [0.15, 0.2) is 12.4 Å². The van der Waals surface area contributed by atoms with Gasteiger partial charge in [0.15, 0.2) is 0 Å². The fraction of sp³-hybridized carbons (Fsp3) is 0.714. The highest BCUT2D eigenvalue weighted by molar-refractivity contribution is 5.76. The van der Waals surface area contributed by atoms with Crippen LogP contribution < -0.4 is 5.32 Å². The van der Waals surface area contributed by atoms with Gasteiger partial charge in [-0.2, -0.15) is 0 Å². The molecule has 0 saturated heterocycles. The van der Waals surface area contributed by atoms with Gasteiger partial charge in [0.25, 0.3) is 0 Å². The van der Waals surface area contributed by atoms with Crippen LogP contribution in [0, 0.1) is 5.41 Å². The highest BCUT2D eigenvalue weighted by Gasteiger charge is 2.27. The maximum Gasteiger partial charge on any atom is 0.220 e. The lowest BCUT2D eigenvalue weighted by Crippen LogP contribution is -2.30. The van der Waals surface area contributed by atoms with E-state index in [2.05, 4.69) is 35.6 Å². The monoisotopic (exact) mass is 249 g/mol. The highest BCUT2D eigenvalue weighted by atomic mass is 16.1. The van der Waals surface area contributed by atoms with Crippen LogP contribution in [-0.2, 0) is 11.3 Å². The van der Waals surface area contributed by atoms with Crippen LogP contribution in [0.2, 0.25) is 0 Å².